The van der Waals surface area contributed by atoms with Crippen molar-refractivity contribution < 1.29 is 9.53 Å². The number of carbonyl (C=O) groups excluding carboxylic acids is 1. The number of ether oxygens (including phenoxy) is 1. The Hall–Kier alpha value is -1.73. The smallest absolute Gasteiger partial charge is 0.259 e. The molecule has 1 N–H and O–H groups in total. The molecule has 1 fully saturated rings. The number of rotatable bonds is 5. The first-order chi connectivity index (χ1) is 14.7. The van der Waals surface area contributed by atoms with Crippen LogP contribution in [0.25, 0.3) is 0 Å². The summed E-state index contributed by atoms with van der Waals surface area (Å²) in [5.41, 5.74) is 1.94. The van der Waals surface area contributed by atoms with Gasteiger partial charge in [-0.3, -0.25) is 14.5 Å². The SMILES string of the molecule is Cc1ccccc1OCC(=O)NC(N1C[C@H]2C[C@H](C1)c1cccc(=O)n1C2)C(Cl)(Cl)Cl. The monoisotopic (exact) mass is 483 g/mol. The molecule has 4 rings (SSSR count). The number of benzene rings is 1. The molecule has 3 heterocycles. The van der Waals surface area contributed by atoms with Gasteiger partial charge in [-0.05, 0) is 37.0 Å². The van der Waals surface area contributed by atoms with Gasteiger partial charge in [-0.2, -0.15) is 0 Å². The van der Waals surface area contributed by atoms with Crippen molar-refractivity contribution in [2.24, 2.45) is 5.92 Å². The second-order valence-electron chi connectivity index (χ2n) is 8.22. The molecule has 0 spiro atoms. The van der Waals surface area contributed by atoms with E-state index in [4.69, 9.17) is 39.5 Å². The van der Waals surface area contributed by atoms with Crippen molar-refractivity contribution in [3.63, 3.8) is 0 Å². The molecule has 0 radical (unpaired) electrons. The van der Waals surface area contributed by atoms with E-state index in [1.807, 2.05) is 40.7 Å². The molecule has 2 aliphatic heterocycles. The summed E-state index contributed by atoms with van der Waals surface area (Å²) in [5, 5.41) is 2.84. The molecule has 0 aliphatic carbocycles. The fourth-order valence-corrected chi connectivity index (χ4v) is 5.16. The standard InChI is InChI=1S/C22H24Cl3N3O3/c1-14-5-2-3-7-18(14)31-13-19(29)26-21(22(23,24)25)27-10-15-9-16(12-27)17-6-4-8-20(30)28(17)11-15/h2-8,15-16,21H,9-13H2,1H3,(H,26,29)/t15-,16-,21?/m1/s1. The normalized spacial score (nSPS) is 21.8. The topological polar surface area (TPSA) is 63.6 Å². The van der Waals surface area contributed by atoms with E-state index in [9.17, 15) is 9.59 Å². The van der Waals surface area contributed by atoms with E-state index in [-0.39, 0.29) is 29.9 Å². The van der Waals surface area contributed by atoms with Crippen LogP contribution in [-0.4, -0.2) is 45.0 Å². The third kappa shape index (κ3) is 5.03. The first-order valence-corrected chi connectivity index (χ1v) is 11.3. The number of halogens is 3. The highest BCUT2D eigenvalue weighted by Gasteiger charge is 2.44. The second kappa shape index (κ2) is 9.02. The number of nitrogens with zero attached hydrogens (tertiary/aromatic N) is 2. The van der Waals surface area contributed by atoms with Crippen LogP contribution in [-0.2, 0) is 11.3 Å². The lowest BCUT2D eigenvalue weighted by atomic mass is 9.83. The summed E-state index contributed by atoms with van der Waals surface area (Å²) >= 11 is 18.8. The van der Waals surface area contributed by atoms with Gasteiger partial charge >= 0.3 is 0 Å². The van der Waals surface area contributed by atoms with Gasteiger partial charge in [-0.1, -0.05) is 59.1 Å². The molecule has 2 bridgehead atoms. The first-order valence-electron chi connectivity index (χ1n) is 10.2. The highest BCUT2D eigenvalue weighted by molar-refractivity contribution is 6.68. The van der Waals surface area contributed by atoms with Crippen molar-refractivity contribution in [1.82, 2.24) is 14.8 Å². The van der Waals surface area contributed by atoms with E-state index in [0.29, 0.717) is 25.4 Å². The largest absolute Gasteiger partial charge is 0.484 e. The molecule has 0 saturated carbocycles. The van der Waals surface area contributed by atoms with Gasteiger partial charge in [0.25, 0.3) is 11.5 Å². The van der Waals surface area contributed by atoms with Gasteiger partial charge < -0.3 is 14.6 Å². The Morgan fingerprint density at radius 2 is 1.94 bits per heavy atom. The number of likely N-dealkylation sites (tertiary alicyclic amines) is 1. The summed E-state index contributed by atoms with van der Waals surface area (Å²) in [5.74, 6) is 0.641. The average molecular weight is 485 g/mol. The predicted molar refractivity (Wildman–Crippen MR) is 122 cm³/mol. The summed E-state index contributed by atoms with van der Waals surface area (Å²) in [6.07, 6.45) is 0.161. The Morgan fingerprint density at radius 3 is 2.68 bits per heavy atom. The van der Waals surface area contributed by atoms with Crippen LogP contribution < -0.4 is 15.6 Å². The third-order valence-corrected chi connectivity index (χ3v) is 6.55. The molecule has 1 saturated heterocycles. The Labute approximate surface area is 196 Å². The highest BCUT2D eigenvalue weighted by atomic mass is 35.6. The maximum atomic E-state index is 12.6. The van der Waals surface area contributed by atoms with Crippen molar-refractivity contribution in [2.75, 3.05) is 19.7 Å². The van der Waals surface area contributed by atoms with Crippen LogP contribution in [0.2, 0.25) is 0 Å². The first kappa shape index (κ1) is 22.5. The summed E-state index contributed by atoms with van der Waals surface area (Å²) < 4.78 is 5.76. The van der Waals surface area contributed by atoms with Gasteiger partial charge in [0.2, 0.25) is 3.79 Å². The van der Waals surface area contributed by atoms with Gasteiger partial charge in [0, 0.05) is 37.3 Å². The molecule has 31 heavy (non-hydrogen) atoms. The van der Waals surface area contributed by atoms with Crippen LogP contribution in [0.3, 0.4) is 0 Å². The van der Waals surface area contributed by atoms with Crippen molar-refractivity contribution in [3.8, 4) is 5.75 Å². The Balaban J connectivity index is 1.47. The minimum atomic E-state index is -1.72. The molecule has 1 amide bonds. The van der Waals surface area contributed by atoms with E-state index in [1.54, 1.807) is 18.2 Å². The number of para-hydroxylation sites is 1. The number of carbonyl (C=O) groups is 1. The lowest BCUT2D eigenvalue weighted by molar-refractivity contribution is -0.125. The second-order valence-corrected chi connectivity index (χ2v) is 10.6. The van der Waals surface area contributed by atoms with Gasteiger partial charge in [0.15, 0.2) is 6.61 Å². The predicted octanol–water partition coefficient (Wildman–Crippen LogP) is 3.47. The number of hydrogen-bond acceptors (Lipinski definition) is 4. The summed E-state index contributed by atoms with van der Waals surface area (Å²) in [7, 11) is 0. The van der Waals surface area contributed by atoms with Crippen LogP contribution in [0, 0.1) is 12.8 Å². The summed E-state index contributed by atoms with van der Waals surface area (Å²) in [6.45, 7) is 3.55. The van der Waals surface area contributed by atoms with E-state index in [2.05, 4.69) is 5.32 Å². The molecule has 3 atom stereocenters. The minimum absolute atomic E-state index is 0.0141. The van der Waals surface area contributed by atoms with E-state index < -0.39 is 9.96 Å². The zero-order valence-electron chi connectivity index (χ0n) is 17.1. The van der Waals surface area contributed by atoms with Crippen molar-refractivity contribution in [1.29, 1.82) is 0 Å². The van der Waals surface area contributed by atoms with Crippen molar-refractivity contribution in [2.45, 2.75) is 35.8 Å². The van der Waals surface area contributed by atoms with E-state index in [0.717, 1.165) is 17.7 Å². The Kier molecular flexibility index (Phi) is 6.54. The number of piperidine rings is 1. The molecule has 1 aromatic heterocycles. The van der Waals surface area contributed by atoms with Gasteiger partial charge in [-0.25, -0.2) is 0 Å². The fourth-order valence-electron chi connectivity index (χ4n) is 4.58. The van der Waals surface area contributed by atoms with E-state index in [1.165, 1.54) is 0 Å². The van der Waals surface area contributed by atoms with Crippen LogP contribution >= 0.6 is 34.8 Å². The summed E-state index contributed by atoms with van der Waals surface area (Å²) in [4.78, 5) is 26.9. The third-order valence-electron chi connectivity index (χ3n) is 5.93. The molecule has 9 heteroatoms. The zero-order valence-corrected chi connectivity index (χ0v) is 19.3. The van der Waals surface area contributed by atoms with Gasteiger partial charge in [0.1, 0.15) is 11.9 Å². The number of aryl methyl sites for hydroxylation is 1. The number of nitrogens with one attached hydrogen (secondary N) is 1. The Morgan fingerprint density at radius 1 is 1.16 bits per heavy atom. The van der Waals surface area contributed by atoms with Gasteiger partial charge in [-0.15, -0.1) is 0 Å². The van der Waals surface area contributed by atoms with Crippen molar-refractivity contribution >= 4 is 40.7 Å². The number of alkyl halides is 3. The lowest BCUT2D eigenvalue weighted by Gasteiger charge is -2.47. The number of pyridine rings is 1. The quantitative estimate of drug-likeness (QED) is 0.660. The minimum Gasteiger partial charge on any atom is -0.484 e. The molecule has 2 aromatic rings. The summed E-state index contributed by atoms with van der Waals surface area (Å²) in [6, 6.07) is 12.8. The number of hydrogen-bond donors (Lipinski definition) is 1. The number of fused-ring (bicyclic) bond motifs is 4. The molecule has 166 valence electrons. The lowest BCUT2D eigenvalue weighted by Crippen LogP contribution is -2.60. The Bertz CT molecular complexity index is 1020. The van der Waals surface area contributed by atoms with Crippen molar-refractivity contribution in [3.05, 3.63) is 64.1 Å². The fraction of sp³-hybridized carbons (Fsp3) is 0.455. The molecule has 2 aliphatic rings. The zero-order chi connectivity index (χ0) is 22.2. The molecule has 6 nitrogen and oxygen atoms in total. The van der Waals surface area contributed by atoms with Crippen LogP contribution in [0.15, 0.2) is 47.3 Å². The van der Waals surface area contributed by atoms with Crippen LogP contribution in [0.1, 0.15) is 23.6 Å². The number of aromatic nitrogens is 1. The van der Waals surface area contributed by atoms with E-state index >= 15 is 0 Å². The molecular weight excluding hydrogens is 461 g/mol. The maximum absolute atomic E-state index is 12.6. The highest BCUT2D eigenvalue weighted by Crippen LogP contribution is 2.39. The van der Waals surface area contributed by atoms with Gasteiger partial charge in [0.05, 0.1) is 0 Å². The number of amides is 1. The van der Waals surface area contributed by atoms with Crippen LogP contribution in [0.4, 0.5) is 0 Å². The average Bonchev–Trinajstić information content (AvgIpc) is 2.71. The molecule has 1 aromatic carbocycles. The maximum Gasteiger partial charge on any atom is 0.259 e. The molecule has 1 unspecified atom stereocenters. The molecular formula is C22H24Cl3N3O3. The van der Waals surface area contributed by atoms with Crippen LogP contribution in [0.5, 0.6) is 5.75 Å².